The van der Waals surface area contributed by atoms with Crippen molar-refractivity contribution in [3.63, 3.8) is 0 Å². The van der Waals surface area contributed by atoms with Gasteiger partial charge in [0.05, 0.1) is 5.56 Å². The van der Waals surface area contributed by atoms with Gasteiger partial charge in [0, 0.05) is 16.5 Å². The molecule has 1 fully saturated rings. The van der Waals surface area contributed by atoms with E-state index in [4.69, 9.17) is 5.73 Å². The topological polar surface area (TPSA) is 54.7 Å². The average Bonchev–Trinajstić information content (AvgIpc) is 2.91. The Bertz CT molecular complexity index is 716. The number of rotatable bonds is 3. The number of thiophene rings is 1. The number of nitrogens with one attached hydrogen (secondary N) is 1. The number of aromatic amines is 1. The minimum atomic E-state index is 0.513. The third kappa shape index (κ3) is 1.84. The lowest BCUT2D eigenvalue weighted by Crippen LogP contribution is -1.89. The molecule has 3 aromatic rings. The maximum atomic E-state index is 6.05. The van der Waals surface area contributed by atoms with E-state index in [0.717, 1.165) is 5.56 Å². The van der Waals surface area contributed by atoms with Crippen molar-refractivity contribution in [2.45, 2.75) is 18.3 Å². The average molecular weight is 281 g/mol. The maximum absolute atomic E-state index is 6.05. The van der Waals surface area contributed by atoms with Crippen LogP contribution in [-0.4, -0.2) is 10.2 Å². The standard InChI is InChI=1S/C16H15N3S/c17-16-14(13-7-4-8-20-13)15(18-19-16)12-9-11(12)10-5-2-1-3-6-10/h1-8,11-12H,9H2,(H3,17,18,19). The van der Waals surface area contributed by atoms with Crippen molar-refractivity contribution in [2.75, 3.05) is 5.73 Å². The molecule has 0 aliphatic heterocycles. The summed E-state index contributed by atoms with van der Waals surface area (Å²) in [6, 6.07) is 14.8. The molecule has 1 saturated carbocycles. The van der Waals surface area contributed by atoms with E-state index in [2.05, 4.69) is 58.0 Å². The molecule has 100 valence electrons. The highest BCUT2D eigenvalue weighted by Gasteiger charge is 2.42. The first-order valence-electron chi connectivity index (χ1n) is 6.77. The Labute approximate surface area is 121 Å². The van der Waals surface area contributed by atoms with Crippen molar-refractivity contribution < 1.29 is 0 Å². The van der Waals surface area contributed by atoms with Gasteiger partial charge in [0.2, 0.25) is 0 Å². The summed E-state index contributed by atoms with van der Waals surface area (Å²) in [5.41, 5.74) is 9.75. The molecular formula is C16H15N3S. The van der Waals surface area contributed by atoms with Crippen LogP contribution in [0.25, 0.3) is 10.4 Å². The van der Waals surface area contributed by atoms with Gasteiger partial charge < -0.3 is 5.73 Å². The molecule has 4 rings (SSSR count). The van der Waals surface area contributed by atoms with E-state index in [1.807, 2.05) is 0 Å². The minimum Gasteiger partial charge on any atom is -0.382 e. The minimum absolute atomic E-state index is 0.513. The van der Waals surface area contributed by atoms with Gasteiger partial charge in [-0.25, -0.2) is 0 Å². The summed E-state index contributed by atoms with van der Waals surface area (Å²) in [6.45, 7) is 0. The zero-order chi connectivity index (χ0) is 13.5. The zero-order valence-corrected chi connectivity index (χ0v) is 11.7. The third-order valence-corrected chi connectivity index (χ3v) is 4.87. The van der Waals surface area contributed by atoms with Gasteiger partial charge in [0.1, 0.15) is 0 Å². The van der Waals surface area contributed by atoms with Gasteiger partial charge in [-0.2, -0.15) is 5.10 Å². The first kappa shape index (κ1) is 11.7. The number of H-pyrrole nitrogens is 1. The van der Waals surface area contributed by atoms with Crippen molar-refractivity contribution in [3.8, 4) is 10.4 Å². The lowest BCUT2D eigenvalue weighted by atomic mass is 10.1. The second-order valence-electron chi connectivity index (χ2n) is 5.23. The molecule has 2 aromatic heterocycles. The Hall–Kier alpha value is -2.07. The van der Waals surface area contributed by atoms with Gasteiger partial charge in [-0.05, 0) is 29.3 Å². The van der Waals surface area contributed by atoms with Crippen LogP contribution >= 0.6 is 11.3 Å². The zero-order valence-electron chi connectivity index (χ0n) is 10.9. The molecule has 2 unspecified atom stereocenters. The van der Waals surface area contributed by atoms with E-state index in [1.54, 1.807) is 11.3 Å². The van der Waals surface area contributed by atoms with E-state index >= 15 is 0 Å². The van der Waals surface area contributed by atoms with Crippen LogP contribution in [-0.2, 0) is 0 Å². The highest BCUT2D eigenvalue weighted by atomic mass is 32.1. The Morgan fingerprint density at radius 3 is 2.70 bits per heavy atom. The fourth-order valence-corrected chi connectivity index (χ4v) is 3.69. The quantitative estimate of drug-likeness (QED) is 0.762. The highest BCUT2D eigenvalue weighted by Crippen LogP contribution is 2.56. The van der Waals surface area contributed by atoms with E-state index < -0.39 is 0 Å². The number of nitrogens with zero attached hydrogens (tertiary/aromatic N) is 1. The number of nitrogens with two attached hydrogens (primary N) is 1. The third-order valence-electron chi connectivity index (χ3n) is 3.98. The number of aromatic nitrogens is 2. The first-order chi connectivity index (χ1) is 9.84. The lowest BCUT2D eigenvalue weighted by molar-refractivity contribution is 0.935. The Balaban J connectivity index is 1.69. The van der Waals surface area contributed by atoms with Crippen LogP contribution in [0.4, 0.5) is 5.82 Å². The van der Waals surface area contributed by atoms with Crippen LogP contribution in [0.3, 0.4) is 0 Å². The molecule has 3 N–H and O–H groups in total. The van der Waals surface area contributed by atoms with Crippen LogP contribution in [0.5, 0.6) is 0 Å². The normalized spacial score (nSPS) is 21.0. The van der Waals surface area contributed by atoms with Crippen molar-refractivity contribution >= 4 is 17.2 Å². The molecular weight excluding hydrogens is 266 g/mol. The molecule has 1 aromatic carbocycles. The fraction of sp³-hybridized carbons (Fsp3) is 0.188. The van der Waals surface area contributed by atoms with E-state index in [1.165, 1.54) is 22.6 Å². The number of anilines is 1. The van der Waals surface area contributed by atoms with Crippen molar-refractivity contribution in [3.05, 3.63) is 59.1 Å². The van der Waals surface area contributed by atoms with Gasteiger partial charge in [-0.15, -0.1) is 11.3 Å². The van der Waals surface area contributed by atoms with Crippen LogP contribution in [0.15, 0.2) is 47.8 Å². The molecule has 0 amide bonds. The lowest BCUT2D eigenvalue weighted by Gasteiger charge is -2.02. The predicted octanol–water partition coefficient (Wildman–Crippen LogP) is 3.99. The number of hydrogen-bond donors (Lipinski definition) is 2. The van der Waals surface area contributed by atoms with Crippen LogP contribution in [0.2, 0.25) is 0 Å². The molecule has 1 aliphatic rings. The van der Waals surface area contributed by atoms with E-state index in [-0.39, 0.29) is 0 Å². The molecule has 2 atom stereocenters. The summed E-state index contributed by atoms with van der Waals surface area (Å²) in [5, 5.41) is 9.45. The second-order valence-corrected chi connectivity index (χ2v) is 6.18. The molecule has 0 radical (unpaired) electrons. The number of hydrogen-bond acceptors (Lipinski definition) is 3. The maximum Gasteiger partial charge on any atom is 0.154 e. The molecule has 20 heavy (non-hydrogen) atoms. The van der Waals surface area contributed by atoms with Crippen molar-refractivity contribution in [2.24, 2.45) is 0 Å². The summed E-state index contributed by atoms with van der Waals surface area (Å²) < 4.78 is 0. The molecule has 0 saturated heterocycles. The monoisotopic (exact) mass is 281 g/mol. The van der Waals surface area contributed by atoms with E-state index in [0.29, 0.717) is 17.7 Å². The Morgan fingerprint density at radius 2 is 1.95 bits per heavy atom. The summed E-state index contributed by atoms with van der Waals surface area (Å²) in [7, 11) is 0. The van der Waals surface area contributed by atoms with Crippen molar-refractivity contribution in [1.82, 2.24) is 10.2 Å². The van der Waals surface area contributed by atoms with Gasteiger partial charge in [0.25, 0.3) is 0 Å². The number of nitrogen functional groups attached to an aromatic ring is 1. The molecule has 0 bridgehead atoms. The van der Waals surface area contributed by atoms with Gasteiger partial charge in [-0.1, -0.05) is 36.4 Å². The number of benzene rings is 1. The Morgan fingerprint density at radius 1 is 1.10 bits per heavy atom. The molecule has 0 spiro atoms. The molecule has 2 heterocycles. The first-order valence-corrected chi connectivity index (χ1v) is 7.65. The van der Waals surface area contributed by atoms with Crippen LogP contribution in [0.1, 0.15) is 29.5 Å². The molecule has 3 nitrogen and oxygen atoms in total. The SMILES string of the molecule is Nc1n[nH]c(C2CC2c2ccccc2)c1-c1cccs1. The smallest absolute Gasteiger partial charge is 0.154 e. The van der Waals surface area contributed by atoms with Crippen LogP contribution in [0, 0.1) is 0 Å². The molecule has 4 heteroatoms. The highest BCUT2D eigenvalue weighted by molar-refractivity contribution is 7.13. The summed E-state index contributed by atoms with van der Waals surface area (Å²) >= 11 is 1.71. The van der Waals surface area contributed by atoms with Gasteiger partial charge in [0.15, 0.2) is 5.82 Å². The van der Waals surface area contributed by atoms with Crippen LogP contribution < -0.4 is 5.73 Å². The predicted molar refractivity (Wildman–Crippen MR) is 82.9 cm³/mol. The van der Waals surface area contributed by atoms with Crippen molar-refractivity contribution in [1.29, 1.82) is 0 Å². The van der Waals surface area contributed by atoms with Gasteiger partial charge in [-0.3, -0.25) is 5.10 Å². The fourth-order valence-electron chi connectivity index (χ4n) is 2.90. The summed E-state index contributed by atoms with van der Waals surface area (Å²) in [5.74, 6) is 1.72. The largest absolute Gasteiger partial charge is 0.382 e. The van der Waals surface area contributed by atoms with Gasteiger partial charge >= 0.3 is 0 Å². The summed E-state index contributed by atoms with van der Waals surface area (Å²) in [4.78, 5) is 1.20. The Kier molecular flexibility index (Phi) is 2.63. The molecule has 1 aliphatic carbocycles. The van der Waals surface area contributed by atoms with E-state index in [9.17, 15) is 0 Å². The summed E-state index contributed by atoms with van der Waals surface area (Å²) in [6.07, 6.45) is 1.17. The second kappa shape index (κ2) is 4.49.